The van der Waals surface area contributed by atoms with Crippen LogP contribution in [0.1, 0.15) is 26.3 Å². The molecule has 28 heavy (non-hydrogen) atoms. The number of likely N-dealkylation sites (N-methyl/N-ethyl adjacent to an activating group) is 2. The first kappa shape index (κ1) is 23.6. The third-order valence-electron chi connectivity index (χ3n) is 3.95. The summed E-state index contributed by atoms with van der Waals surface area (Å²) >= 11 is 0. The molecule has 0 aliphatic carbocycles. The molecule has 0 spiro atoms. The van der Waals surface area contributed by atoms with Crippen LogP contribution in [0.25, 0.3) is 0 Å². The van der Waals surface area contributed by atoms with E-state index < -0.39 is 12.8 Å². The van der Waals surface area contributed by atoms with Crippen LogP contribution in [0.5, 0.6) is 5.75 Å². The lowest BCUT2D eigenvalue weighted by Gasteiger charge is -2.25. The number of guanidine groups is 1. The van der Waals surface area contributed by atoms with Gasteiger partial charge in [0, 0.05) is 32.2 Å². The number of hydrogen-bond donors (Lipinski definition) is 1. The van der Waals surface area contributed by atoms with Gasteiger partial charge in [-0.1, -0.05) is 18.2 Å². The van der Waals surface area contributed by atoms with Gasteiger partial charge >= 0.3 is 6.18 Å². The Balaban J connectivity index is 2.88. The molecule has 0 unspecified atom stereocenters. The van der Waals surface area contributed by atoms with Crippen LogP contribution in [0.4, 0.5) is 13.2 Å². The zero-order chi connectivity index (χ0) is 21.2. The van der Waals surface area contributed by atoms with Crippen LogP contribution in [-0.4, -0.2) is 67.7 Å². The summed E-state index contributed by atoms with van der Waals surface area (Å²) in [6.07, 6.45) is -4.41. The number of aliphatic imine (C=N–C) groups is 1. The van der Waals surface area contributed by atoms with Crippen molar-refractivity contribution >= 4 is 11.9 Å². The number of para-hydroxylation sites is 1. The number of carbonyl (C=O) groups is 1. The monoisotopic (exact) mass is 402 g/mol. The van der Waals surface area contributed by atoms with E-state index in [9.17, 15) is 18.0 Å². The second kappa shape index (κ2) is 11.4. The number of nitrogens with one attached hydrogen (secondary N) is 1. The van der Waals surface area contributed by atoms with E-state index in [0.29, 0.717) is 31.2 Å². The highest BCUT2D eigenvalue weighted by atomic mass is 19.4. The Bertz CT molecular complexity index is 646. The molecule has 0 fully saturated rings. The maximum absolute atomic E-state index is 12.4. The number of carbonyl (C=O) groups excluding carboxylic acids is 1. The molecule has 0 saturated heterocycles. The van der Waals surface area contributed by atoms with Gasteiger partial charge in [0.25, 0.3) is 0 Å². The van der Waals surface area contributed by atoms with Gasteiger partial charge in [0.05, 0.1) is 13.1 Å². The summed E-state index contributed by atoms with van der Waals surface area (Å²) in [5.41, 5.74) is 0.533. The van der Waals surface area contributed by atoms with E-state index in [0.717, 1.165) is 0 Å². The quantitative estimate of drug-likeness (QED) is 0.510. The first-order valence-electron chi connectivity index (χ1n) is 9.26. The van der Waals surface area contributed by atoms with Crippen LogP contribution in [-0.2, 0) is 11.3 Å². The minimum Gasteiger partial charge on any atom is -0.484 e. The number of halogens is 3. The molecule has 1 aromatic rings. The first-order valence-corrected chi connectivity index (χ1v) is 9.26. The van der Waals surface area contributed by atoms with Crippen molar-refractivity contribution in [1.29, 1.82) is 0 Å². The molecule has 158 valence electrons. The van der Waals surface area contributed by atoms with E-state index in [1.165, 1.54) is 6.07 Å². The fourth-order valence-electron chi connectivity index (χ4n) is 2.52. The fourth-order valence-corrected chi connectivity index (χ4v) is 2.52. The number of alkyl halides is 3. The van der Waals surface area contributed by atoms with Crippen molar-refractivity contribution in [3.8, 4) is 5.75 Å². The Morgan fingerprint density at radius 3 is 2.39 bits per heavy atom. The van der Waals surface area contributed by atoms with Gasteiger partial charge in [-0.2, -0.15) is 13.2 Å². The molecule has 1 amide bonds. The van der Waals surface area contributed by atoms with Crippen molar-refractivity contribution in [1.82, 2.24) is 15.1 Å². The molecule has 9 heteroatoms. The summed E-state index contributed by atoms with van der Waals surface area (Å²) in [6, 6.07) is 6.47. The van der Waals surface area contributed by atoms with Gasteiger partial charge in [0.1, 0.15) is 5.75 Å². The fraction of sp³-hybridized carbons (Fsp3) is 0.579. The van der Waals surface area contributed by atoms with E-state index >= 15 is 0 Å². The SMILES string of the molecule is CCNC(=NCc1ccccc1OCC(F)(F)F)N(C)CC(=O)N(CC)CC. The summed E-state index contributed by atoms with van der Waals surface area (Å²) in [5, 5.41) is 3.09. The summed E-state index contributed by atoms with van der Waals surface area (Å²) < 4.78 is 42.2. The summed E-state index contributed by atoms with van der Waals surface area (Å²) in [7, 11) is 1.74. The van der Waals surface area contributed by atoms with Crippen LogP contribution < -0.4 is 10.1 Å². The molecular weight excluding hydrogens is 373 g/mol. The van der Waals surface area contributed by atoms with Crippen LogP contribution >= 0.6 is 0 Å². The number of rotatable bonds is 9. The number of ether oxygens (including phenoxy) is 1. The average Bonchev–Trinajstić information content (AvgIpc) is 2.64. The predicted molar refractivity (Wildman–Crippen MR) is 103 cm³/mol. The van der Waals surface area contributed by atoms with Gasteiger partial charge in [-0.25, -0.2) is 4.99 Å². The normalized spacial score (nSPS) is 11.9. The molecule has 1 aromatic carbocycles. The Morgan fingerprint density at radius 2 is 1.82 bits per heavy atom. The molecule has 0 aliphatic rings. The zero-order valence-corrected chi connectivity index (χ0v) is 16.8. The lowest BCUT2D eigenvalue weighted by molar-refractivity contribution is -0.153. The standard InChI is InChI=1S/C19H29F3N4O2/c1-5-23-18(25(4)13-17(27)26(6-2)7-3)24-12-15-10-8-9-11-16(15)28-14-19(20,21)22/h8-11H,5-7,12-14H2,1-4H3,(H,23,24). The van der Waals surface area contributed by atoms with E-state index in [-0.39, 0.29) is 24.7 Å². The highest BCUT2D eigenvalue weighted by Crippen LogP contribution is 2.22. The van der Waals surface area contributed by atoms with Gasteiger partial charge in [0.15, 0.2) is 12.6 Å². The maximum Gasteiger partial charge on any atom is 0.422 e. The lowest BCUT2D eigenvalue weighted by atomic mass is 10.2. The van der Waals surface area contributed by atoms with Crippen LogP contribution in [0.15, 0.2) is 29.3 Å². The molecule has 0 heterocycles. The molecule has 6 nitrogen and oxygen atoms in total. The third-order valence-corrected chi connectivity index (χ3v) is 3.95. The highest BCUT2D eigenvalue weighted by Gasteiger charge is 2.28. The molecule has 0 aromatic heterocycles. The number of nitrogens with zero attached hydrogens (tertiary/aromatic N) is 3. The second-order valence-corrected chi connectivity index (χ2v) is 6.10. The molecule has 1 N–H and O–H groups in total. The van der Waals surface area contributed by atoms with Crippen molar-refractivity contribution in [3.63, 3.8) is 0 Å². The van der Waals surface area contributed by atoms with E-state index in [1.807, 2.05) is 20.8 Å². The van der Waals surface area contributed by atoms with Crippen molar-refractivity contribution in [2.75, 3.05) is 39.8 Å². The third kappa shape index (κ3) is 8.06. The van der Waals surface area contributed by atoms with Crippen molar-refractivity contribution < 1.29 is 22.7 Å². The molecular formula is C19H29F3N4O2. The van der Waals surface area contributed by atoms with Crippen molar-refractivity contribution in [2.45, 2.75) is 33.5 Å². The average molecular weight is 402 g/mol. The van der Waals surface area contributed by atoms with Gasteiger partial charge in [-0.15, -0.1) is 0 Å². The molecule has 0 atom stereocenters. The van der Waals surface area contributed by atoms with Crippen molar-refractivity contribution in [3.05, 3.63) is 29.8 Å². The Labute approximate surface area is 164 Å². The smallest absolute Gasteiger partial charge is 0.422 e. The van der Waals surface area contributed by atoms with Crippen LogP contribution in [0, 0.1) is 0 Å². The molecule has 0 radical (unpaired) electrons. The number of benzene rings is 1. The molecule has 1 rings (SSSR count). The second-order valence-electron chi connectivity index (χ2n) is 6.10. The van der Waals surface area contributed by atoms with E-state index in [1.54, 1.807) is 35.0 Å². The summed E-state index contributed by atoms with van der Waals surface area (Å²) in [5.74, 6) is 0.613. The van der Waals surface area contributed by atoms with E-state index in [4.69, 9.17) is 4.74 Å². The van der Waals surface area contributed by atoms with E-state index in [2.05, 4.69) is 10.3 Å². The lowest BCUT2D eigenvalue weighted by Crippen LogP contribution is -2.45. The minimum atomic E-state index is -4.41. The first-order chi connectivity index (χ1) is 13.2. The highest BCUT2D eigenvalue weighted by molar-refractivity contribution is 5.86. The topological polar surface area (TPSA) is 57.2 Å². The van der Waals surface area contributed by atoms with Crippen molar-refractivity contribution in [2.24, 2.45) is 4.99 Å². The van der Waals surface area contributed by atoms with Gasteiger partial charge in [0.2, 0.25) is 5.91 Å². The minimum absolute atomic E-state index is 0.0213. The van der Waals surface area contributed by atoms with Crippen LogP contribution in [0.3, 0.4) is 0 Å². The maximum atomic E-state index is 12.4. The molecule has 0 bridgehead atoms. The van der Waals surface area contributed by atoms with Gasteiger partial charge < -0.3 is 19.9 Å². The number of amides is 1. The number of hydrogen-bond acceptors (Lipinski definition) is 3. The van der Waals surface area contributed by atoms with Gasteiger partial charge in [-0.05, 0) is 26.8 Å². The molecule has 0 aliphatic heterocycles. The Hall–Kier alpha value is -2.45. The summed E-state index contributed by atoms with van der Waals surface area (Å²) in [6.45, 7) is 6.50. The Morgan fingerprint density at radius 1 is 1.18 bits per heavy atom. The largest absolute Gasteiger partial charge is 0.484 e. The van der Waals surface area contributed by atoms with Gasteiger partial charge in [-0.3, -0.25) is 4.79 Å². The predicted octanol–water partition coefficient (Wildman–Crippen LogP) is 2.89. The molecule has 0 saturated carbocycles. The van der Waals surface area contributed by atoms with Crippen LogP contribution in [0.2, 0.25) is 0 Å². The summed E-state index contributed by atoms with van der Waals surface area (Å²) in [4.78, 5) is 20.2. The zero-order valence-electron chi connectivity index (χ0n) is 16.8. The Kier molecular flexibility index (Phi) is 9.61.